The van der Waals surface area contributed by atoms with Gasteiger partial charge in [0, 0.05) is 31.1 Å². The Morgan fingerprint density at radius 3 is 2.50 bits per heavy atom. The van der Waals surface area contributed by atoms with Crippen LogP contribution in [0.4, 0.5) is 4.39 Å². The molecule has 0 aliphatic carbocycles. The largest absolute Gasteiger partial charge is 0.341 e. The van der Waals surface area contributed by atoms with E-state index in [-0.39, 0.29) is 17.4 Å². The van der Waals surface area contributed by atoms with Crippen molar-refractivity contribution in [3.8, 4) is 0 Å². The van der Waals surface area contributed by atoms with E-state index in [2.05, 4.69) is 0 Å². The number of thiophene rings is 1. The van der Waals surface area contributed by atoms with E-state index in [1.807, 2.05) is 17.5 Å². The van der Waals surface area contributed by atoms with E-state index in [0.29, 0.717) is 39.0 Å². The highest BCUT2D eigenvalue weighted by molar-refractivity contribution is 7.10. The molecule has 0 radical (unpaired) electrons. The lowest BCUT2D eigenvalue weighted by molar-refractivity contribution is -0.130. The lowest BCUT2D eigenvalue weighted by Crippen LogP contribution is -2.38. The number of rotatable bonds is 3. The van der Waals surface area contributed by atoms with Gasteiger partial charge in [-0.05, 0) is 30.0 Å². The highest BCUT2D eigenvalue weighted by atomic mass is 32.1. The average molecular weight is 346 g/mol. The number of benzene rings is 1. The van der Waals surface area contributed by atoms with E-state index in [0.717, 1.165) is 4.88 Å². The minimum Gasteiger partial charge on any atom is -0.341 e. The number of nitrogens with zero attached hydrogens (tertiary/aromatic N) is 2. The predicted molar refractivity (Wildman–Crippen MR) is 91.5 cm³/mol. The molecule has 0 unspecified atom stereocenters. The van der Waals surface area contributed by atoms with Crippen molar-refractivity contribution in [1.29, 1.82) is 0 Å². The van der Waals surface area contributed by atoms with Gasteiger partial charge in [-0.1, -0.05) is 18.2 Å². The molecule has 1 aromatic carbocycles. The second kappa shape index (κ2) is 7.57. The molecule has 1 aliphatic heterocycles. The molecule has 1 saturated heterocycles. The van der Waals surface area contributed by atoms with Crippen LogP contribution in [-0.4, -0.2) is 47.8 Å². The average Bonchev–Trinajstić information content (AvgIpc) is 2.96. The fourth-order valence-corrected chi connectivity index (χ4v) is 3.54. The monoisotopic (exact) mass is 346 g/mol. The molecule has 24 heavy (non-hydrogen) atoms. The molecule has 2 heterocycles. The lowest BCUT2D eigenvalue weighted by Gasteiger charge is -2.22. The second-order valence-electron chi connectivity index (χ2n) is 5.76. The summed E-state index contributed by atoms with van der Waals surface area (Å²) in [6, 6.07) is 9.91. The maximum atomic E-state index is 13.8. The Bertz CT molecular complexity index is 718. The van der Waals surface area contributed by atoms with Crippen molar-refractivity contribution in [2.75, 3.05) is 26.2 Å². The predicted octanol–water partition coefficient (Wildman–Crippen LogP) is 2.80. The summed E-state index contributed by atoms with van der Waals surface area (Å²) in [4.78, 5) is 29.4. The van der Waals surface area contributed by atoms with E-state index >= 15 is 0 Å². The molecule has 0 spiro atoms. The lowest BCUT2D eigenvalue weighted by atomic mass is 10.2. The van der Waals surface area contributed by atoms with Crippen LogP contribution in [0.15, 0.2) is 41.8 Å². The molecular formula is C18H19FN2O2S. The summed E-state index contributed by atoms with van der Waals surface area (Å²) in [6.07, 6.45) is 1.11. The first-order valence-electron chi connectivity index (χ1n) is 7.99. The highest BCUT2D eigenvalue weighted by Crippen LogP contribution is 2.15. The van der Waals surface area contributed by atoms with Gasteiger partial charge in [0.15, 0.2) is 0 Å². The van der Waals surface area contributed by atoms with Gasteiger partial charge in [0.25, 0.3) is 5.91 Å². The van der Waals surface area contributed by atoms with Gasteiger partial charge >= 0.3 is 0 Å². The van der Waals surface area contributed by atoms with Crippen molar-refractivity contribution in [2.24, 2.45) is 0 Å². The van der Waals surface area contributed by atoms with E-state index in [9.17, 15) is 14.0 Å². The summed E-state index contributed by atoms with van der Waals surface area (Å²) in [5.74, 6) is -0.726. The third kappa shape index (κ3) is 3.82. The number of amides is 2. The van der Waals surface area contributed by atoms with Crippen LogP contribution in [0.25, 0.3) is 0 Å². The third-order valence-corrected chi connectivity index (χ3v) is 5.02. The molecular weight excluding hydrogens is 327 g/mol. The molecule has 1 fully saturated rings. The fraction of sp³-hybridized carbons (Fsp3) is 0.333. The van der Waals surface area contributed by atoms with Gasteiger partial charge in [0.1, 0.15) is 5.82 Å². The number of carbonyl (C=O) groups is 2. The summed E-state index contributed by atoms with van der Waals surface area (Å²) in [6.45, 7) is 2.09. The van der Waals surface area contributed by atoms with E-state index in [1.165, 1.54) is 12.1 Å². The normalized spacial score (nSPS) is 15.2. The summed E-state index contributed by atoms with van der Waals surface area (Å²) in [7, 11) is 0. The number of hydrogen-bond acceptors (Lipinski definition) is 3. The van der Waals surface area contributed by atoms with Crippen molar-refractivity contribution in [3.05, 3.63) is 58.0 Å². The summed E-state index contributed by atoms with van der Waals surface area (Å²) >= 11 is 1.57. The maximum absolute atomic E-state index is 13.8. The van der Waals surface area contributed by atoms with Crippen molar-refractivity contribution >= 4 is 23.2 Å². The van der Waals surface area contributed by atoms with Crippen molar-refractivity contribution < 1.29 is 14.0 Å². The van der Waals surface area contributed by atoms with Crippen LogP contribution in [-0.2, 0) is 11.2 Å². The molecule has 126 valence electrons. The molecule has 1 aliphatic rings. The van der Waals surface area contributed by atoms with Crippen LogP contribution < -0.4 is 0 Å². The van der Waals surface area contributed by atoms with Crippen LogP contribution in [0.3, 0.4) is 0 Å². The van der Waals surface area contributed by atoms with Crippen LogP contribution in [0.1, 0.15) is 21.7 Å². The minimum absolute atomic E-state index is 0.0811. The van der Waals surface area contributed by atoms with Gasteiger partial charge in [-0.2, -0.15) is 0 Å². The van der Waals surface area contributed by atoms with Crippen molar-refractivity contribution in [2.45, 2.75) is 12.8 Å². The Labute approximate surface area is 144 Å². The zero-order valence-electron chi connectivity index (χ0n) is 13.3. The Kier molecular flexibility index (Phi) is 5.25. The first kappa shape index (κ1) is 16.6. The van der Waals surface area contributed by atoms with Crippen LogP contribution in [0.2, 0.25) is 0 Å². The van der Waals surface area contributed by atoms with E-state index in [4.69, 9.17) is 0 Å². The van der Waals surface area contributed by atoms with E-state index in [1.54, 1.807) is 33.3 Å². The van der Waals surface area contributed by atoms with E-state index < -0.39 is 5.82 Å². The molecule has 2 amide bonds. The molecule has 0 saturated carbocycles. The number of halogens is 1. The molecule has 1 aromatic heterocycles. The van der Waals surface area contributed by atoms with Gasteiger partial charge in [-0.25, -0.2) is 4.39 Å². The van der Waals surface area contributed by atoms with Crippen molar-refractivity contribution in [3.63, 3.8) is 0 Å². The van der Waals surface area contributed by atoms with Gasteiger partial charge < -0.3 is 9.80 Å². The highest BCUT2D eigenvalue weighted by Gasteiger charge is 2.24. The standard InChI is InChI=1S/C18H19FN2O2S/c19-16-7-2-1-6-15(16)18(23)21-9-4-8-20(10-11-21)17(22)13-14-5-3-12-24-14/h1-3,5-7,12H,4,8-11,13H2. The fourth-order valence-electron chi connectivity index (χ4n) is 2.85. The summed E-state index contributed by atoms with van der Waals surface area (Å²) in [5, 5.41) is 1.96. The third-order valence-electron chi connectivity index (χ3n) is 4.15. The molecule has 2 aromatic rings. The zero-order chi connectivity index (χ0) is 16.9. The summed E-state index contributed by atoms with van der Waals surface area (Å²) in [5.41, 5.74) is 0.0934. The number of hydrogen-bond donors (Lipinski definition) is 0. The zero-order valence-corrected chi connectivity index (χ0v) is 14.1. The number of carbonyl (C=O) groups excluding carboxylic acids is 2. The molecule has 6 heteroatoms. The minimum atomic E-state index is -0.502. The first-order valence-corrected chi connectivity index (χ1v) is 8.87. The Balaban J connectivity index is 1.61. The van der Waals surface area contributed by atoms with Gasteiger partial charge in [0.2, 0.25) is 5.91 Å². The second-order valence-corrected chi connectivity index (χ2v) is 6.79. The SMILES string of the molecule is O=C(Cc1cccs1)N1CCCN(C(=O)c2ccccc2F)CC1. The van der Waals surface area contributed by atoms with Gasteiger partial charge in [0.05, 0.1) is 12.0 Å². The maximum Gasteiger partial charge on any atom is 0.256 e. The molecule has 3 rings (SSSR count). The van der Waals surface area contributed by atoms with Crippen LogP contribution in [0, 0.1) is 5.82 Å². The quantitative estimate of drug-likeness (QED) is 0.857. The Morgan fingerprint density at radius 1 is 1.00 bits per heavy atom. The van der Waals surface area contributed by atoms with Crippen LogP contribution >= 0.6 is 11.3 Å². The first-order chi connectivity index (χ1) is 11.6. The molecule has 4 nitrogen and oxygen atoms in total. The smallest absolute Gasteiger partial charge is 0.256 e. The Morgan fingerprint density at radius 2 is 1.75 bits per heavy atom. The summed E-state index contributed by atoms with van der Waals surface area (Å²) < 4.78 is 13.8. The molecule has 0 N–H and O–H groups in total. The Hall–Kier alpha value is -2.21. The van der Waals surface area contributed by atoms with Gasteiger partial charge in [-0.3, -0.25) is 9.59 Å². The molecule has 0 atom stereocenters. The van der Waals surface area contributed by atoms with Gasteiger partial charge in [-0.15, -0.1) is 11.3 Å². The van der Waals surface area contributed by atoms with Crippen LogP contribution in [0.5, 0.6) is 0 Å². The topological polar surface area (TPSA) is 40.6 Å². The van der Waals surface area contributed by atoms with Crippen molar-refractivity contribution in [1.82, 2.24) is 9.80 Å². The molecule has 0 bridgehead atoms.